The molecule has 0 aromatic carbocycles. The van der Waals surface area contributed by atoms with Gasteiger partial charge in [-0.15, -0.1) is 0 Å². The highest BCUT2D eigenvalue weighted by atomic mass is 19.4. The molecule has 0 heterocycles. The van der Waals surface area contributed by atoms with Crippen molar-refractivity contribution in [1.82, 2.24) is 5.32 Å². The van der Waals surface area contributed by atoms with Crippen LogP contribution in [-0.2, 0) is 0 Å². The molecular weight excluding hydrogens is 179 g/mol. The van der Waals surface area contributed by atoms with Crippen molar-refractivity contribution in [2.24, 2.45) is 5.92 Å². The fourth-order valence-corrected chi connectivity index (χ4v) is 1.44. The average molecular weight is 195 g/mol. The Morgan fingerprint density at radius 2 is 1.85 bits per heavy atom. The quantitative estimate of drug-likeness (QED) is 0.665. The first-order valence-corrected chi connectivity index (χ1v) is 4.85. The SMILES string of the molecule is FC(F)(F)CCNCCC1CCC1. The third kappa shape index (κ3) is 5.13. The van der Waals surface area contributed by atoms with Crippen LogP contribution in [0.5, 0.6) is 0 Å². The average Bonchev–Trinajstić information content (AvgIpc) is 1.90. The van der Waals surface area contributed by atoms with Gasteiger partial charge in [0.05, 0.1) is 6.42 Å². The van der Waals surface area contributed by atoms with Crippen molar-refractivity contribution in [1.29, 1.82) is 0 Å². The molecule has 1 rings (SSSR count). The second-order valence-corrected chi connectivity index (χ2v) is 3.70. The van der Waals surface area contributed by atoms with E-state index in [1.165, 1.54) is 19.3 Å². The highest BCUT2D eigenvalue weighted by Crippen LogP contribution is 2.28. The van der Waals surface area contributed by atoms with E-state index < -0.39 is 12.6 Å². The minimum absolute atomic E-state index is 0.0657. The van der Waals surface area contributed by atoms with E-state index in [2.05, 4.69) is 5.32 Å². The summed E-state index contributed by atoms with van der Waals surface area (Å²) in [6.07, 6.45) is 0.147. The highest BCUT2D eigenvalue weighted by Gasteiger charge is 2.26. The lowest BCUT2D eigenvalue weighted by Gasteiger charge is -2.25. The Bertz CT molecular complexity index is 140. The largest absolute Gasteiger partial charge is 0.390 e. The van der Waals surface area contributed by atoms with Crippen molar-refractivity contribution >= 4 is 0 Å². The monoisotopic (exact) mass is 195 g/mol. The van der Waals surface area contributed by atoms with Gasteiger partial charge in [-0.3, -0.25) is 0 Å². The molecule has 1 aliphatic rings. The van der Waals surface area contributed by atoms with Crippen molar-refractivity contribution in [3.63, 3.8) is 0 Å². The van der Waals surface area contributed by atoms with E-state index in [1.54, 1.807) is 0 Å². The molecule has 1 N–H and O–H groups in total. The van der Waals surface area contributed by atoms with Crippen molar-refractivity contribution < 1.29 is 13.2 Å². The third-order valence-electron chi connectivity index (χ3n) is 2.54. The fraction of sp³-hybridized carbons (Fsp3) is 1.00. The molecule has 0 aromatic heterocycles. The first-order chi connectivity index (χ1) is 6.08. The predicted octanol–water partition coefficient (Wildman–Crippen LogP) is 2.72. The summed E-state index contributed by atoms with van der Waals surface area (Å²) < 4.78 is 35.0. The highest BCUT2D eigenvalue weighted by molar-refractivity contribution is 4.70. The van der Waals surface area contributed by atoms with Gasteiger partial charge in [-0.05, 0) is 18.9 Å². The molecule has 1 nitrogen and oxygen atoms in total. The Kier molecular flexibility index (Phi) is 4.03. The van der Waals surface area contributed by atoms with Gasteiger partial charge in [0.2, 0.25) is 0 Å². The Hall–Kier alpha value is -0.250. The zero-order valence-corrected chi connectivity index (χ0v) is 7.66. The number of nitrogens with one attached hydrogen (secondary N) is 1. The van der Waals surface area contributed by atoms with Gasteiger partial charge < -0.3 is 5.32 Å². The van der Waals surface area contributed by atoms with Crippen LogP contribution in [0.15, 0.2) is 0 Å². The first-order valence-electron chi connectivity index (χ1n) is 4.85. The van der Waals surface area contributed by atoms with Crippen LogP contribution in [0.2, 0.25) is 0 Å². The van der Waals surface area contributed by atoms with Crippen LogP contribution in [0.25, 0.3) is 0 Å². The second-order valence-electron chi connectivity index (χ2n) is 3.70. The Morgan fingerprint density at radius 3 is 2.31 bits per heavy atom. The molecule has 1 fully saturated rings. The third-order valence-corrected chi connectivity index (χ3v) is 2.54. The number of rotatable bonds is 5. The van der Waals surface area contributed by atoms with Gasteiger partial charge in [0.1, 0.15) is 0 Å². The summed E-state index contributed by atoms with van der Waals surface area (Å²) in [6.45, 7) is 0.803. The summed E-state index contributed by atoms with van der Waals surface area (Å²) >= 11 is 0. The lowest BCUT2D eigenvalue weighted by Crippen LogP contribution is -2.25. The molecule has 1 aliphatic carbocycles. The molecule has 0 bridgehead atoms. The fourth-order valence-electron chi connectivity index (χ4n) is 1.44. The van der Waals surface area contributed by atoms with Crippen LogP contribution in [0.4, 0.5) is 13.2 Å². The minimum Gasteiger partial charge on any atom is -0.316 e. The molecule has 0 radical (unpaired) electrons. The van der Waals surface area contributed by atoms with Gasteiger partial charge in [0.25, 0.3) is 0 Å². The Balaban J connectivity index is 1.83. The van der Waals surface area contributed by atoms with E-state index in [0.29, 0.717) is 0 Å². The molecule has 1 saturated carbocycles. The van der Waals surface area contributed by atoms with Crippen LogP contribution in [0.1, 0.15) is 32.1 Å². The maximum atomic E-state index is 11.7. The van der Waals surface area contributed by atoms with Crippen molar-refractivity contribution in [2.75, 3.05) is 13.1 Å². The molecule has 0 aliphatic heterocycles. The zero-order chi connectivity index (χ0) is 9.73. The van der Waals surface area contributed by atoms with Gasteiger partial charge in [0, 0.05) is 6.54 Å². The van der Waals surface area contributed by atoms with E-state index in [1.807, 2.05) is 0 Å². The van der Waals surface area contributed by atoms with Crippen LogP contribution in [0.3, 0.4) is 0 Å². The summed E-state index contributed by atoms with van der Waals surface area (Å²) in [7, 11) is 0. The molecule has 0 atom stereocenters. The molecule has 13 heavy (non-hydrogen) atoms. The van der Waals surface area contributed by atoms with E-state index in [-0.39, 0.29) is 6.54 Å². The molecule has 78 valence electrons. The second kappa shape index (κ2) is 4.84. The molecule has 4 heteroatoms. The van der Waals surface area contributed by atoms with Crippen molar-refractivity contribution in [2.45, 2.75) is 38.3 Å². The standard InChI is InChI=1S/C9H16F3N/c10-9(11,12)5-7-13-6-4-8-2-1-3-8/h8,13H,1-7H2. The smallest absolute Gasteiger partial charge is 0.316 e. The number of hydrogen-bond acceptors (Lipinski definition) is 1. The summed E-state index contributed by atoms with van der Waals surface area (Å²) in [5.41, 5.74) is 0. The zero-order valence-electron chi connectivity index (χ0n) is 7.66. The maximum absolute atomic E-state index is 11.7. The molecule has 0 saturated heterocycles. The Morgan fingerprint density at radius 1 is 1.15 bits per heavy atom. The van der Waals surface area contributed by atoms with Crippen LogP contribution in [0, 0.1) is 5.92 Å². The van der Waals surface area contributed by atoms with Gasteiger partial charge in [0.15, 0.2) is 0 Å². The molecular formula is C9H16F3N. The van der Waals surface area contributed by atoms with Crippen LogP contribution >= 0.6 is 0 Å². The predicted molar refractivity (Wildman–Crippen MR) is 45.5 cm³/mol. The number of halogens is 3. The minimum atomic E-state index is -4.01. The van der Waals surface area contributed by atoms with E-state index in [0.717, 1.165) is 18.9 Å². The summed E-state index contributed by atoms with van der Waals surface area (Å²) in [5, 5.41) is 2.82. The first kappa shape index (κ1) is 10.8. The molecule has 0 amide bonds. The van der Waals surface area contributed by atoms with Crippen LogP contribution < -0.4 is 5.32 Å². The molecule has 0 aromatic rings. The molecule has 0 unspecified atom stereocenters. The van der Waals surface area contributed by atoms with Crippen molar-refractivity contribution in [3.05, 3.63) is 0 Å². The van der Waals surface area contributed by atoms with Gasteiger partial charge >= 0.3 is 6.18 Å². The molecule has 0 spiro atoms. The number of alkyl halides is 3. The normalized spacial score (nSPS) is 18.7. The van der Waals surface area contributed by atoms with Crippen LogP contribution in [-0.4, -0.2) is 19.3 Å². The maximum Gasteiger partial charge on any atom is 0.390 e. The lowest BCUT2D eigenvalue weighted by atomic mass is 9.83. The van der Waals surface area contributed by atoms with Gasteiger partial charge in [-0.2, -0.15) is 13.2 Å². The topological polar surface area (TPSA) is 12.0 Å². The van der Waals surface area contributed by atoms with Gasteiger partial charge in [-0.25, -0.2) is 0 Å². The van der Waals surface area contributed by atoms with E-state index >= 15 is 0 Å². The summed E-state index contributed by atoms with van der Waals surface area (Å²) in [4.78, 5) is 0. The van der Waals surface area contributed by atoms with E-state index in [4.69, 9.17) is 0 Å². The lowest BCUT2D eigenvalue weighted by molar-refractivity contribution is -0.133. The summed E-state index contributed by atoms with van der Waals surface area (Å²) in [6, 6.07) is 0. The Labute approximate surface area is 76.7 Å². The van der Waals surface area contributed by atoms with Gasteiger partial charge in [-0.1, -0.05) is 19.3 Å². The van der Waals surface area contributed by atoms with Crippen molar-refractivity contribution in [3.8, 4) is 0 Å². The van der Waals surface area contributed by atoms with E-state index in [9.17, 15) is 13.2 Å². The summed E-state index contributed by atoms with van der Waals surface area (Å²) in [5.74, 6) is 0.776. The number of hydrogen-bond donors (Lipinski definition) is 1.